The Morgan fingerprint density at radius 2 is 1.42 bits per heavy atom. The molecule has 74 valence electrons. The quantitative estimate of drug-likeness (QED) is 0.444. The molecule has 0 heterocycles. The minimum absolute atomic E-state index is 0.594. The Hall–Kier alpha value is 0.390. The summed E-state index contributed by atoms with van der Waals surface area (Å²) >= 11 is 0. The van der Waals surface area contributed by atoms with Crippen molar-refractivity contribution in [2.24, 2.45) is 0 Å². The molecule has 0 atom stereocenters. The summed E-state index contributed by atoms with van der Waals surface area (Å²) in [6, 6.07) is 0. The van der Waals surface area contributed by atoms with Crippen LogP contribution in [0.4, 0.5) is 0 Å². The first-order chi connectivity index (χ1) is 5.74. The largest absolute Gasteiger partial charge is 0.378 e. The third-order valence-corrected chi connectivity index (χ3v) is 8.08. The molecule has 0 rings (SSSR count). The fourth-order valence-electron chi connectivity index (χ4n) is 1.55. The lowest BCUT2D eigenvalue weighted by Crippen LogP contribution is -2.12. The topological polar surface area (TPSA) is 9.23 Å². The van der Waals surface area contributed by atoms with Crippen LogP contribution in [0.3, 0.4) is 0 Å². The third kappa shape index (κ3) is 3.87. The molecule has 0 aromatic rings. The maximum atomic E-state index is 5.42. The Labute approximate surface area is 78.2 Å². The van der Waals surface area contributed by atoms with Crippen molar-refractivity contribution in [1.82, 2.24) is 0 Å². The minimum Gasteiger partial charge on any atom is -0.378 e. The second-order valence-corrected chi connectivity index (χ2v) is 8.24. The molecule has 0 aliphatic heterocycles. The fourth-order valence-corrected chi connectivity index (χ4v) is 4.35. The van der Waals surface area contributed by atoms with Crippen LogP contribution in [-0.2, 0) is 4.74 Å². The first kappa shape index (κ1) is 12.4. The van der Waals surface area contributed by atoms with Crippen LogP contribution in [-0.4, -0.2) is 37.9 Å². The van der Waals surface area contributed by atoms with Crippen LogP contribution in [0.25, 0.3) is 0 Å². The van der Waals surface area contributed by atoms with Gasteiger partial charge in [-0.25, -0.2) is 0 Å². The van der Waals surface area contributed by atoms with Gasteiger partial charge in [0.05, 0.1) is 31.3 Å². The van der Waals surface area contributed by atoms with Crippen LogP contribution in [0.15, 0.2) is 0 Å². The van der Waals surface area contributed by atoms with Crippen molar-refractivity contribution >= 4 is 7.26 Å². The molecule has 0 aromatic heterocycles. The van der Waals surface area contributed by atoms with Gasteiger partial charge in [0.25, 0.3) is 0 Å². The first-order valence-electron chi connectivity index (χ1n) is 5.17. The van der Waals surface area contributed by atoms with Crippen LogP contribution in [0, 0.1) is 0 Å². The van der Waals surface area contributed by atoms with Crippen molar-refractivity contribution in [3.05, 3.63) is 0 Å². The van der Waals surface area contributed by atoms with Gasteiger partial charge in [-0.1, -0.05) is 0 Å². The van der Waals surface area contributed by atoms with E-state index in [0.29, 0.717) is 0 Å². The molecule has 2 heteroatoms. The van der Waals surface area contributed by atoms with Gasteiger partial charge in [0.2, 0.25) is 0 Å². The maximum Gasteiger partial charge on any atom is 0.0827 e. The van der Waals surface area contributed by atoms with Gasteiger partial charge in [-0.15, -0.1) is 0 Å². The van der Waals surface area contributed by atoms with E-state index in [1.165, 1.54) is 24.6 Å². The van der Waals surface area contributed by atoms with Gasteiger partial charge in [-0.05, 0) is 27.7 Å². The number of rotatable bonds is 7. The summed E-state index contributed by atoms with van der Waals surface area (Å²) in [5.74, 6) is 0. The Bertz CT molecular complexity index is 91.7. The van der Waals surface area contributed by atoms with E-state index in [2.05, 4.69) is 27.7 Å². The minimum atomic E-state index is -0.594. The molecular weight excluding hydrogens is 167 g/mol. The zero-order chi connectivity index (χ0) is 9.45. The van der Waals surface area contributed by atoms with E-state index in [0.717, 1.165) is 13.2 Å². The van der Waals surface area contributed by atoms with Crippen molar-refractivity contribution in [2.45, 2.75) is 27.7 Å². The number of hydrogen-bond donors (Lipinski definition) is 0. The molecule has 1 nitrogen and oxygen atoms in total. The first-order valence-corrected chi connectivity index (χ1v) is 7.70. The highest BCUT2D eigenvalue weighted by atomic mass is 31.2. The van der Waals surface area contributed by atoms with Crippen molar-refractivity contribution in [3.8, 4) is 0 Å². The van der Waals surface area contributed by atoms with Crippen LogP contribution in [0.1, 0.15) is 27.7 Å². The van der Waals surface area contributed by atoms with Gasteiger partial charge in [-0.3, -0.25) is 0 Å². The summed E-state index contributed by atoms with van der Waals surface area (Å²) in [5, 5.41) is 0. The summed E-state index contributed by atoms with van der Waals surface area (Å²) in [7, 11) is -0.594. The van der Waals surface area contributed by atoms with Crippen molar-refractivity contribution in [2.75, 3.05) is 37.9 Å². The van der Waals surface area contributed by atoms with Crippen LogP contribution in [0.5, 0.6) is 0 Å². The SMILES string of the molecule is CCOCC[P+](CC)(CC)CC. The molecule has 0 fully saturated rings. The summed E-state index contributed by atoms with van der Waals surface area (Å²) in [5.41, 5.74) is 0. The average molecular weight is 191 g/mol. The van der Waals surface area contributed by atoms with Gasteiger partial charge in [0, 0.05) is 13.9 Å². The molecule has 0 spiro atoms. The average Bonchev–Trinajstić information content (AvgIpc) is 2.14. The molecule has 12 heavy (non-hydrogen) atoms. The highest BCUT2D eigenvalue weighted by Crippen LogP contribution is 2.57. The summed E-state index contributed by atoms with van der Waals surface area (Å²) in [6.07, 6.45) is 5.53. The molecule has 0 bridgehead atoms. The number of ether oxygens (including phenoxy) is 1. The van der Waals surface area contributed by atoms with Crippen LogP contribution in [0.2, 0.25) is 0 Å². The zero-order valence-corrected chi connectivity index (χ0v) is 9.99. The Morgan fingerprint density at radius 3 is 1.75 bits per heavy atom. The van der Waals surface area contributed by atoms with E-state index in [1.807, 2.05) is 0 Å². The molecule has 0 saturated heterocycles. The van der Waals surface area contributed by atoms with Gasteiger partial charge >= 0.3 is 0 Å². The van der Waals surface area contributed by atoms with Gasteiger partial charge in [0.1, 0.15) is 0 Å². The Balaban J connectivity index is 3.76. The molecule has 0 saturated carbocycles. The summed E-state index contributed by atoms with van der Waals surface area (Å²) in [6.45, 7) is 11.0. The lowest BCUT2D eigenvalue weighted by molar-refractivity contribution is 0.163. The van der Waals surface area contributed by atoms with E-state index in [4.69, 9.17) is 4.74 Å². The molecule has 0 aromatic carbocycles. The van der Waals surface area contributed by atoms with Crippen molar-refractivity contribution in [3.63, 3.8) is 0 Å². The fraction of sp³-hybridized carbons (Fsp3) is 1.00. The highest BCUT2D eigenvalue weighted by Gasteiger charge is 2.30. The molecular formula is C10H24OP+. The van der Waals surface area contributed by atoms with E-state index < -0.39 is 7.26 Å². The van der Waals surface area contributed by atoms with E-state index in [1.54, 1.807) is 0 Å². The molecule has 0 unspecified atom stereocenters. The molecule has 0 N–H and O–H groups in total. The van der Waals surface area contributed by atoms with Crippen molar-refractivity contribution < 1.29 is 4.74 Å². The smallest absolute Gasteiger partial charge is 0.0827 e. The lowest BCUT2D eigenvalue weighted by Gasteiger charge is -2.23. The standard InChI is InChI=1S/C10H24OP/c1-5-11-9-10-12(6-2,7-3)8-4/h5-10H2,1-4H3/q+1. The second-order valence-electron chi connectivity index (χ2n) is 3.21. The highest BCUT2D eigenvalue weighted by molar-refractivity contribution is 7.75. The molecule has 0 radical (unpaired) electrons. The van der Waals surface area contributed by atoms with Crippen molar-refractivity contribution in [1.29, 1.82) is 0 Å². The van der Waals surface area contributed by atoms with E-state index >= 15 is 0 Å². The monoisotopic (exact) mass is 191 g/mol. The van der Waals surface area contributed by atoms with Gasteiger partial charge < -0.3 is 4.74 Å². The van der Waals surface area contributed by atoms with Crippen LogP contribution >= 0.6 is 7.26 Å². The maximum absolute atomic E-state index is 5.42. The molecule has 0 amide bonds. The molecule has 0 aliphatic carbocycles. The van der Waals surface area contributed by atoms with Gasteiger partial charge in [-0.2, -0.15) is 0 Å². The van der Waals surface area contributed by atoms with Gasteiger partial charge in [0.15, 0.2) is 0 Å². The second kappa shape index (κ2) is 6.86. The Morgan fingerprint density at radius 1 is 0.917 bits per heavy atom. The zero-order valence-electron chi connectivity index (χ0n) is 9.10. The van der Waals surface area contributed by atoms with Crippen LogP contribution < -0.4 is 0 Å². The van der Waals surface area contributed by atoms with E-state index in [-0.39, 0.29) is 0 Å². The third-order valence-electron chi connectivity index (χ3n) is 2.93. The van der Waals surface area contributed by atoms with E-state index in [9.17, 15) is 0 Å². The summed E-state index contributed by atoms with van der Waals surface area (Å²) < 4.78 is 5.42. The Kier molecular flexibility index (Phi) is 7.08. The molecule has 0 aliphatic rings. The predicted octanol–water partition coefficient (Wildman–Crippen LogP) is 3.10. The normalized spacial score (nSPS) is 12.0. The lowest BCUT2D eigenvalue weighted by atomic mass is 10.8. The predicted molar refractivity (Wildman–Crippen MR) is 59.9 cm³/mol. The summed E-state index contributed by atoms with van der Waals surface area (Å²) in [4.78, 5) is 0. The number of hydrogen-bond acceptors (Lipinski definition) is 1.